The van der Waals surface area contributed by atoms with E-state index in [9.17, 15) is 22.8 Å². The van der Waals surface area contributed by atoms with Crippen LogP contribution >= 0.6 is 11.6 Å². The average molecular weight is 308 g/mol. The minimum Gasteiger partial charge on any atom is -0.481 e. The third kappa shape index (κ3) is 2.72. The number of aliphatic carboxylic acids is 1. The molecule has 4 nitrogen and oxygen atoms in total. The second kappa shape index (κ2) is 4.97. The van der Waals surface area contributed by atoms with Gasteiger partial charge in [0.1, 0.15) is 0 Å². The quantitative estimate of drug-likeness (QED) is 0.914. The third-order valence-electron chi connectivity index (χ3n) is 3.04. The van der Waals surface area contributed by atoms with Crippen LogP contribution in [0.3, 0.4) is 0 Å². The van der Waals surface area contributed by atoms with Crippen molar-refractivity contribution in [2.24, 2.45) is 5.92 Å². The highest BCUT2D eigenvalue weighted by atomic mass is 35.5. The van der Waals surface area contributed by atoms with Crippen LogP contribution in [-0.4, -0.2) is 23.5 Å². The van der Waals surface area contributed by atoms with Gasteiger partial charge >= 0.3 is 12.1 Å². The van der Waals surface area contributed by atoms with Gasteiger partial charge in [-0.3, -0.25) is 9.59 Å². The van der Waals surface area contributed by atoms with E-state index in [1.54, 1.807) is 0 Å². The van der Waals surface area contributed by atoms with Crippen molar-refractivity contribution in [3.8, 4) is 0 Å². The van der Waals surface area contributed by atoms with E-state index in [1.807, 2.05) is 0 Å². The first-order valence-electron chi connectivity index (χ1n) is 5.60. The van der Waals surface area contributed by atoms with Gasteiger partial charge in [-0.1, -0.05) is 11.6 Å². The van der Waals surface area contributed by atoms with Gasteiger partial charge in [-0.15, -0.1) is 0 Å². The standard InChI is InChI=1S/C12H9ClF3NO3/c13-9-4-7(1-2-8(9)12(14,15)16)17-5-6(11(19)20)3-10(17)18/h1-2,4,6H,3,5H2,(H,19,20). The number of anilines is 1. The van der Waals surface area contributed by atoms with Crippen LogP contribution in [0, 0.1) is 5.92 Å². The second-order valence-electron chi connectivity index (χ2n) is 4.41. The Morgan fingerprint density at radius 2 is 2.05 bits per heavy atom. The average Bonchev–Trinajstić information content (AvgIpc) is 2.69. The SMILES string of the molecule is O=C(O)C1CC(=O)N(c2ccc(C(F)(F)F)c(Cl)c2)C1. The molecule has 20 heavy (non-hydrogen) atoms. The Kier molecular flexibility index (Phi) is 3.64. The number of alkyl halides is 3. The summed E-state index contributed by atoms with van der Waals surface area (Å²) in [5.74, 6) is -2.42. The number of carboxylic acid groups (broad SMARTS) is 1. The molecule has 0 spiro atoms. The molecule has 0 radical (unpaired) electrons. The lowest BCUT2D eigenvalue weighted by Gasteiger charge is -2.18. The first-order valence-corrected chi connectivity index (χ1v) is 5.98. The van der Waals surface area contributed by atoms with Gasteiger partial charge in [0.15, 0.2) is 0 Å². The highest BCUT2D eigenvalue weighted by molar-refractivity contribution is 6.31. The van der Waals surface area contributed by atoms with Crippen LogP contribution in [0.4, 0.5) is 18.9 Å². The Hall–Kier alpha value is -1.76. The molecular weight excluding hydrogens is 299 g/mol. The summed E-state index contributed by atoms with van der Waals surface area (Å²) in [6, 6.07) is 2.91. The second-order valence-corrected chi connectivity index (χ2v) is 4.81. The summed E-state index contributed by atoms with van der Waals surface area (Å²) in [5, 5.41) is 8.32. The van der Waals surface area contributed by atoms with Crippen LogP contribution in [0.25, 0.3) is 0 Å². The van der Waals surface area contributed by atoms with E-state index in [0.717, 1.165) is 23.1 Å². The van der Waals surface area contributed by atoms with E-state index in [2.05, 4.69) is 0 Å². The number of nitrogens with zero attached hydrogens (tertiary/aromatic N) is 1. The molecule has 1 unspecified atom stereocenters. The fourth-order valence-electron chi connectivity index (χ4n) is 2.02. The van der Waals surface area contributed by atoms with Crippen molar-refractivity contribution < 1.29 is 27.9 Å². The number of carboxylic acids is 1. The van der Waals surface area contributed by atoms with Crippen molar-refractivity contribution in [1.82, 2.24) is 0 Å². The Balaban J connectivity index is 2.29. The number of hydrogen-bond acceptors (Lipinski definition) is 2. The van der Waals surface area contributed by atoms with Crippen LogP contribution < -0.4 is 4.90 Å². The number of rotatable bonds is 2. The molecular formula is C12H9ClF3NO3. The molecule has 1 N–H and O–H groups in total. The topological polar surface area (TPSA) is 57.6 Å². The van der Waals surface area contributed by atoms with Crippen LogP contribution in [0.2, 0.25) is 5.02 Å². The van der Waals surface area contributed by atoms with Crippen molar-refractivity contribution in [3.05, 3.63) is 28.8 Å². The predicted molar refractivity (Wildman–Crippen MR) is 64.5 cm³/mol. The van der Waals surface area contributed by atoms with Crippen LogP contribution in [0.15, 0.2) is 18.2 Å². The maximum Gasteiger partial charge on any atom is 0.417 e. The molecule has 0 saturated carbocycles. The van der Waals surface area contributed by atoms with Crippen molar-refractivity contribution >= 4 is 29.2 Å². The molecule has 1 atom stereocenters. The lowest BCUT2D eigenvalue weighted by Crippen LogP contribution is -2.25. The maximum absolute atomic E-state index is 12.6. The number of benzene rings is 1. The van der Waals surface area contributed by atoms with Gasteiger partial charge in [-0.25, -0.2) is 0 Å². The minimum absolute atomic E-state index is 0.0736. The number of carbonyl (C=O) groups excluding carboxylic acids is 1. The largest absolute Gasteiger partial charge is 0.481 e. The molecule has 1 aliphatic rings. The first-order chi connectivity index (χ1) is 9.20. The fourth-order valence-corrected chi connectivity index (χ4v) is 2.31. The van der Waals surface area contributed by atoms with E-state index in [1.165, 1.54) is 0 Å². The van der Waals surface area contributed by atoms with Crippen LogP contribution in [-0.2, 0) is 15.8 Å². The van der Waals surface area contributed by atoms with Gasteiger partial charge in [0, 0.05) is 18.7 Å². The third-order valence-corrected chi connectivity index (χ3v) is 3.36. The summed E-state index contributed by atoms with van der Waals surface area (Å²) in [6.07, 6.45) is -4.75. The molecule has 8 heteroatoms. The highest BCUT2D eigenvalue weighted by Crippen LogP contribution is 2.37. The first kappa shape index (κ1) is 14.6. The zero-order chi connectivity index (χ0) is 15.1. The molecule has 2 rings (SSSR count). The Labute approximate surface area is 116 Å². The van der Waals surface area contributed by atoms with E-state index in [-0.39, 0.29) is 18.7 Å². The molecule has 1 amide bonds. The molecule has 1 aromatic carbocycles. The number of halogens is 4. The van der Waals surface area contributed by atoms with Gasteiger partial charge < -0.3 is 10.0 Å². The van der Waals surface area contributed by atoms with Crippen molar-refractivity contribution in [3.63, 3.8) is 0 Å². The smallest absolute Gasteiger partial charge is 0.417 e. The maximum atomic E-state index is 12.6. The van der Waals surface area contributed by atoms with Crippen LogP contribution in [0.1, 0.15) is 12.0 Å². The zero-order valence-corrected chi connectivity index (χ0v) is 10.7. The van der Waals surface area contributed by atoms with Gasteiger partial charge in [-0.2, -0.15) is 13.2 Å². The summed E-state index contributed by atoms with van der Waals surface area (Å²) < 4.78 is 37.7. The highest BCUT2D eigenvalue weighted by Gasteiger charge is 2.37. The van der Waals surface area contributed by atoms with Gasteiger partial charge in [0.05, 0.1) is 16.5 Å². The number of carbonyl (C=O) groups is 2. The summed E-state index contributed by atoms with van der Waals surface area (Å²) in [7, 11) is 0. The summed E-state index contributed by atoms with van der Waals surface area (Å²) in [4.78, 5) is 23.6. The normalized spacial score (nSPS) is 19.5. The zero-order valence-electron chi connectivity index (χ0n) is 9.95. The van der Waals surface area contributed by atoms with E-state index in [4.69, 9.17) is 16.7 Å². The van der Waals surface area contributed by atoms with Crippen molar-refractivity contribution in [2.45, 2.75) is 12.6 Å². The summed E-state index contributed by atoms with van der Waals surface area (Å²) in [5.41, 5.74) is -0.832. The van der Waals surface area contributed by atoms with Crippen molar-refractivity contribution in [2.75, 3.05) is 11.4 Å². The van der Waals surface area contributed by atoms with E-state index < -0.39 is 34.6 Å². The van der Waals surface area contributed by atoms with Gasteiger partial charge in [0.2, 0.25) is 5.91 Å². The number of hydrogen-bond donors (Lipinski definition) is 1. The summed E-state index contributed by atoms with van der Waals surface area (Å²) in [6.45, 7) is -0.0736. The van der Waals surface area contributed by atoms with E-state index in [0.29, 0.717) is 0 Å². The Morgan fingerprint density at radius 3 is 2.50 bits per heavy atom. The van der Waals surface area contributed by atoms with Gasteiger partial charge in [-0.05, 0) is 18.2 Å². The molecule has 1 fully saturated rings. The van der Waals surface area contributed by atoms with E-state index >= 15 is 0 Å². The Morgan fingerprint density at radius 1 is 1.40 bits per heavy atom. The van der Waals surface area contributed by atoms with Crippen molar-refractivity contribution in [1.29, 1.82) is 0 Å². The minimum atomic E-state index is -4.58. The monoisotopic (exact) mass is 307 g/mol. The molecule has 0 aliphatic carbocycles. The number of amides is 1. The molecule has 1 heterocycles. The molecule has 0 bridgehead atoms. The lowest BCUT2D eigenvalue weighted by molar-refractivity contribution is -0.141. The van der Waals surface area contributed by atoms with Gasteiger partial charge in [0.25, 0.3) is 0 Å². The molecule has 108 valence electrons. The predicted octanol–water partition coefficient (Wildman–Crippen LogP) is 2.80. The molecule has 1 saturated heterocycles. The lowest BCUT2D eigenvalue weighted by atomic mass is 10.1. The summed E-state index contributed by atoms with van der Waals surface area (Å²) >= 11 is 5.56. The Bertz CT molecular complexity index is 574. The molecule has 1 aliphatic heterocycles. The molecule has 0 aromatic heterocycles. The fraction of sp³-hybridized carbons (Fsp3) is 0.333. The van der Waals surface area contributed by atoms with Crippen LogP contribution in [0.5, 0.6) is 0 Å². The molecule has 1 aromatic rings.